The van der Waals surface area contributed by atoms with Crippen LogP contribution in [0.4, 0.5) is 13.9 Å². The van der Waals surface area contributed by atoms with E-state index in [1.807, 2.05) is 25.1 Å². The number of carbonyl (C=O) groups excluding carboxylic acids is 2. The first-order valence-corrected chi connectivity index (χ1v) is 10.8. The number of anilines is 1. The summed E-state index contributed by atoms with van der Waals surface area (Å²) in [7, 11) is 0. The second kappa shape index (κ2) is 7.90. The predicted molar refractivity (Wildman–Crippen MR) is 122 cm³/mol. The number of hydrogen-bond acceptors (Lipinski definition) is 5. The van der Waals surface area contributed by atoms with Crippen LogP contribution in [0.15, 0.2) is 72.3 Å². The van der Waals surface area contributed by atoms with E-state index < -0.39 is 35.1 Å². The van der Waals surface area contributed by atoms with Gasteiger partial charge in [-0.3, -0.25) is 14.5 Å². The van der Waals surface area contributed by atoms with E-state index in [0.717, 1.165) is 22.4 Å². The molecule has 1 atom stereocenters. The summed E-state index contributed by atoms with van der Waals surface area (Å²) in [5.74, 6) is -3.19. The molecule has 8 heteroatoms. The van der Waals surface area contributed by atoms with Crippen molar-refractivity contribution in [3.05, 3.63) is 101 Å². The summed E-state index contributed by atoms with van der Waals surface area (Å²) in [6.45, 7) is 1.94. The summed E-state index contributed by atoms with van der Waals surface area (Å²) in [6, 6.07) is 14.9. The molecule has 0 radical (unpaired) electrons. The van der Waals surface area contributed by atoms with Crippen molar-refractivity contribution in [1.29, 1.82) is 0 Å². The average molecular weight is 462 g/mol. The number of benzene rings is 3. The fourth-order valence-corrected chi connectivity index (χ4v) is 4.97. The Labute approximate surface area is 191 Å². The summed E-state index contributed by atoms with van der Waals surface area (Å²) in [5.41, 5.74) is 2.12. The van der Waals surface area contributed by atoms with Crippen molar-refractivity contribution in [1.82, 2.24) is 4.98 Å². The van der Waals surface area contributed by atoms with Crippen LogP contribution in [0.25, 0.3) is 16.0 Å². The number of halogens is 2. The highest BCUT2D eigenvalue weighted by atomic mass is 32.1. The average Bonchev–Trinajstić information content (AvgIpc) is 3.32. The van der Waals surface area contributed by atoms with Crippen LogP contribution in [0.3, 0.4) is 0 Å². The van der Waals surface area contributed by atoms with Crippen LogP contribution in [0.1, 0.15) is 22.7 Å². The van der Waals surface area contributed by atoms with E-state index in [9.17, 15) is 23.5 Å². The number of aryl methyl sites for hydroxylation is 1. The number of aliphatic hydroxyl groups excluding tert-OH is 1. The number of aliphatic hydroxyl groups is 1. The van der Waals surface area contributed by atoms with Gasteiger partial charge in [0.1, 0.15) is 17.4 Å². The molecule has 0 bridgehead atoms. The third-order valence-corrected chi connectivity index (χ3v) is 6.50. The Kier molecular flexibility index (Phi) is 5.02. The van der Waals surface area contributed by atoms with Crippen LogP contribution in [0, 0.1) is 18.6 Å². The molecule has 3 aromatic carbocycles. The molecule has 1 saturated heterocycles. The van der Waals surface area contributed by atoms with Crippen molar-refractivity contribution in [2.24, 2.45) is 0 Å². The van der Waals surface area contributed by atoms with Gasteiger partial charge in [-0.15, -0.1) is 0 Å². The molecule has 164 valence electrons. The molecule has 5 nitrogen and oxygen atoms in total. The van der Waals surface area contributed by atoms with Gasteiger partial charge in [-0.2, -0.15) is 0 Å². The van der Waals surface area contributed by atoms with Crippen LogP contribution >= 0.6 is 11.3 Å². The summed E-state index contributed by atoms with van der Waals surface area (Å²) < 4.78 is 27.9. The number of hydrogen-bond donors (Lipinski definition) is 1. The first kappa shape index (κ1) is 21.0. The van der Waals surface area contributed by atoms with Gasteiger partial charge >= 0.3 is 5.91 Å². The van der Waals surface area contributed by atoms with E-state index in [1.165, 1.54) is 52.6 Å². The zero-order chi connectivity index (χ0) is 23.3. The molecule has 1 aliphatic heterocycles. The smallest absolute Gasteiger partial charge is 0.301 e. The number of nitrogens with zero attached hydrogens (tertiary/aromatic N) is 2. The van der Waals surface area contributed by atoms with Gasteiger partial charge in [0.05, 0.1) is 21.8 Å². The third-order valence-electron chi connectivity index (χ3n) is 5.49. The Morgan fingerprint density at radius 2 is 1.61 bits per heavy atom. The lowest BCUT2D eigenvalue weighted by Crippen LogP contribution is -2.29. The first-order chi connectivity index (χ1) is 15.8. The fourth-order valence-electron chi connectivity index (χ4n) is 3.88. The number of Topliss-reactive ketones (excluding diaryl/α,β-unsaturated/α-hetero) is 1. The minimum Gasteiger partial charge on any atom is -0.507 e. The van der Waals surface area contributed by atoms with Crippen molar-refractivity contribution in [3.63, 3.8) is 0 Å². The van der Waals surface area contributed by atoms with Crippen LogP contribution in [-0.2, 0) is 9.59 Å². The molecule has 33 heavy (non-hydrogen) atoms. The lowest BCUT2D eigenvalue weighted by molar-refractivity contribution is -0.132. The first-order valence-electron chi connectivity index (χ1n) is 10.0. The molecule has 5 rings (SSSR count). The van der Waals surface area contributed by atoms with E-state index in [-0.39, 0.29) is 16.3 Å². The quantitative estimate of drug-likeness (QED) is 0.248. The number of fused-ring (bicyclic) bond motifs is 1. The van der Waals surface area contributed by atoms with E-state index in [4.69, 9.17) is 0 Å². The highest BCUT2D eigenvalue weighted by Crippen LogP contribution is 2.44. The van der Waals surface area contributed by atoms with Gasteiger partial charge in [-0.25, -0.2) is 13.8 Å². The van der Waals surface area contributed by atoms with Crippen LogP contribution in [0.5, 0.6) is 0 Å². The van der Waals surface area contributed by atoms with Crippen LogP contribution in [-0.4, -0.2) is 21.8 Å². The van der Waals surface area contributed by atoms with Crippen LogP contribution < -0.4 is 4.90 Å². The van der Waals surface area contributed by atoms with Gasteiger partial charge in [0.25, 0.3) is 5.78 Å². The molecule has 4 aromatic rings. The number of amides is 1. The maximum absolute atomic E-state index is 13.6. The Morgan fingerprint density at radius 3 is 2.27 bits per heavy atom. The molecular formula is C25H16F2N2O3S. The highest BCUT2D eigenvalue weighted by Gasteiger charge is 2.48. The van der Waals surface area contributed by atoms with Crippen molar-refractivity contribution in [2.45, 2.75) is 13.0 Å². The predicted octanol–water partition coefficient (Wildman–Crippen LogP) is 5.51. The second-order valence-corrected chi connectivity index (χ2v) is 8.70. The summed E-state index contributed by atoms with van der Waals surface area (Å²) in [6.07, 6.45) is 0. The summed E-state index contributed by atoms with van der Waals surface area (Å²) in [4.78, 5) is 32.0. The van der Waals surface area contributed by atoms with Gasteiger partial charge in [0.2, 0.25) is 0 Å². The van der Waals surface area contributed by atoms with Gasteiger partial charge in [-0.05, 0) is 66.6 Å². The zero-order valence-corrected chi connectivity index (χ0v) is 18.1. The minimum atomic E-state index is -1.03. The second-order valence-electron chi connectivity index (χ2n) is 7.70. The lowest BCUT2D eigenvalue weighted by Gasteiger charge is -2.23. The molecular weight excluding hydrogens is 446 g/mol. The molecule has 0 aliphatic carbocycles. The van der Waals surface area contributed by atoms with Crippen LogP contribution in [0.2, 0.25) is 0 Å². The monoisotopic (exact) mass is 462 g/mol. The molecule has 1 amide bonds. The van der Waals surface area contributed by atoms with E-state index in [2.05, 4.69) is 4.98 Å². The maximum atomic E-state index is 13.6. The number of rotatable bonds is 3. The Morgan fingerprint density at radius 1 is 0.970 bits per heavy atom. The number of thiazole rings is 1. The van der Waals surface area contributed by atoms with Gasteiger partial charge < -0.3 is 5.11 Å². The highest BCUT2D eigenvalue weighted by molar-refractivity contribution is 7.22. The summed E-state index contributed by atoms with van der Waals surface area (Å²) in [5, 5.41) is 11.3. The molecule has 2 heterocycles. The molecule has 1 aromatic heterocycles. The largest absolute Gasteiger partial charge is 0.507 e. The van der Waals surface area contributed by atoms with Crippen molar-refractivity contribution >= 4 is 44.1 Å². The Hall–Kier alpha value is -3.91. The molecule has 1 N–H and O–H groups in total. The number of aromatic nitrogens is 1. The fraction of sp³-hybridized carbons (Fsp3) is 0.0800. The van der Waals surface area contributed by atoms with E-state index >= 15 is 0 Å². The van der Waals surface area contributed by atoms with Crippen molar-refractivity contribution < 1.29 is 23.5 Å². The molecule has 1 unspecified atom stereocenters. The topological polar surface area (TPSA) is 70.5 Å². The SMILES string of the molecule is Cc1ccc2nc(N3C(=O)C(=O)C(=C(O)c4ccc(F)cc4)C3c3ccc(F)cc3)sc2c1. The number of carbonyl (C=O) groups is 2. The molecule has 1 fully saturated rings. The van der Waals surface area contributed by atoms with Crippen molar-refractivity contribution in [3.8, 4) is 0 Å². The number of ketones is 1. The molecule has 1 aliphatic rings. The van der Waals surface area contributed by atoms with E-state index in [1.54, 1.807) is 0 Å². The standard InChI is InChI=1S/C25H16F2N2O3S/c1-13-2-11-18-19(12-13)33-25(28-18)29-21(14-3-7-16(26)8-4-14)20(23(31)24(29)32)22(30)15-5-9-17(27)10-6-15/h2-12,21,30H,1H3. The zero-order valence-electron chi connectivity index (χ0n) is 17.3. The minimum absolute atomic E-state index is 0.173. The molecule has 0 spiro atoms. The van der Waals surface area contributed by atoms with Gasteiger partial charge in [0, 0.05) is 5.56 Å². The Balaban J connectivity index is 1.73. The van der Waals surface area contributed by atoms with Crippen molar-refractivity contribution in [2.75, 3.05) is 4.90 Å². The third kappa shape index (κ3) is 3.58. The van der Waals surface area contributed by atoms with Gasteiger partial charge in [0.15, 0.2) is 5.13 Å². The summed E-state index contributed by atoms with van der Waals surface area (Å²) >= 11 is 1.24. The lowest BCUT2D eigenvalue weighted by atomic mass is 9.95. The Bertz CT molecular complexity index is 1440. The van der Waals surface area contributed by atoms with E-state index in [0.29, 0.717) is 11.1 Å². The molecule has 0 saturated carbocycles. The van der Waals surface area contributed by atoms with Gasteiger partial charge in [-0.1, -0.05) is 29.5 Å². The normalized spacial score (nSPS) is 17.8. The maximum Gasteiger partial charge on any atom is 0.301 e.